The van der Waals surface area contributed by atoms with E-state index in [1.54, 1.807) is 31.4 Å². The van der Waals surface area contributed by atoms with Crippen molar-refractivity contribution in [2.45, 2.75) is 31.7 Å². The van der Waals surface area contributed by atoms with E-state index in [0.29, 0.717) is 5.75 Å². The quantitative estimate of drug-likeness (QED) is 0.459. The molecule has 2 aromatic carbocycles. The van der Waals surface area contributed by atoms with Crippen molar-refractivity contribution in [2.75, 3.05) is 7.11 Å². The first-order valence-electron chi connectivity index (χ1n) is 10.7. The van der Waals surface area contributed by atoms with Gasteiger partial charge in [-0.3, -0.25) is 9.59 Å². The maximum Gasteiger partial charge on any atom is 0.573 e. The summed E-state index contributed by atoms with van der Waals surface area (Å²) in [6, 6.07) is 10.6. The molecule has 1 amide bonds. The van der Waals surface area contributed by atoms with Crippen molar-refractivity contribution in [3.05, 3.63) is 87.3 Å². The second-order valence-corrected chi connectivity index (χ2v) is 8.13. The van der Waals surface area contributed by atoms with Crippen LogP contribution in [0.1, 0.15) is 46.3 Å². The van der Waals surface area contributed by atoms with E-state index in [4.69, 9.17) is 4.74 Å². The smallest absolute Gasteiger partial charge is 0.497 e. The number of amides is 1. The first kappa shape index (κ1) is 24.2. The Hall–Kier alpha value is -3.89. The van der Waals surface area contributed by atoms with Crippen LogP contribution in [0.15, 0.2) is 53.3 Å². The number of nitrogens with one attached hydrogen (secondary N) is 2. The molecule has 1 fully saturated rings. The number of aromatic nitrogens is 2. The van der Waals surface area contributed by atoms with Crippen molar-refractivity contribution in [3.8, 4) is 11.5 Å². The molecule has 1 aliphatic rings. The van der Waals surface area contributed by atoms with Crippen LogP contribution in [0.25, 0.3) is 0 Å². The molecule has 3 aromatic rings. The molecule has 0 bridgehead atoms. The lowest BCUT2D eigenvalue weighted by molar-refractivity contribution is -0.275. The number of carbonyl (C=O) groups is 1. The molecule has 2 N–H and O–H groups in total. The van der Waals surface area contributed by atoms with Gasteiger partial charge in [0.15, 0.2) is 11.6 Å². The number of nitrogens with zero attached hydrogens (tertiary/aromatic N) is 1. The van der Waals surface area contributed by atoms with Crippen LogP contribution < -0.4 is 20.3 Å². The van der Waals surface area contributed by atoms with E-state index in [-0.39, 0.29) is 29.4 Å². The summed E-state index contributed by atoms with van der Waals surface area (Å²) in [4.78, 5) is 31.9. The van der Waals surface area contributed by atoms with Gasteiger partial charge in [-0.2, -0.15) is 0 Å². The number of hydrogen-bond acceptors (Lipinski definition) is 5. The monoisotopic (exact) mass is 491 g/mol. The number of hydrogen-bond donors (Lipinski definition) is 2. The zero-order chi connectivity index (χ0) is 25.2. The topological polar surface area (TPSA) is 93.3 Å². The third-order valence-electron chi connectivity index (χ3n) is 5.47. The standard InChI is InChI=1S/C24H21F4N3O4/c1-34-16-7-2-13(3-8-16)10-20-29-18(12-21(32)30-20)23(33)31-22(14-4-5-14)15-6-9-19(17(25)11-15)35-24(26,27)28/h2-3,6-9,11-12,14,22H,4-5,10H2,1H3,(H,31,33)(H,29,30,32)/t22-/m1/s1. The van der Waals surface area contributed by atoms with E-state index in [2.05, 4.69) is 20.0 Å². The van der Waals surface area contributed by atoms with E-state index >= 15 is 0 Å². The predicted molar refractivity (Wildman–Crippen MR) is 117 cm³/mol. The molecule has 0 spiro atoms. The van der Waals surface area contributed by atoms with Crippen molar-refractivity contribution in [3.63, 3.8) is 0 Å². The number of methoxy groups -OCH3 is 1. The van der Waals surface area contributed by atoms with Crippen molar-refractivity contribution >= 4 is 5.91 Å². The first-order valence-corrected chi connectivity index (χ1v) is 10.7. The number of benzene rings is 2. The summed E-state index contributed by atoms with van der Waals surface area (Å²) < 4.78 is 60.3. The summed E-state index contributed by atoms with van der Waals surface area (Å²) in [5.74, 6) is -1.88. The van der Waals surface area contributed by atoms with Crippen LogP contribution in [0.4, 0.5) is 17.6 Å². The van der Waals surface area contributed by atoms with Gasteiger partial charge in [0.05, 0.1) is 13.2 Å². The second kappa shape index (κ2) is 9.77. The summed E-state index contributed by atoms with van der Waals surface area (Å²) in [6.07, 6.45) is -3.27. The fraction of sp³-hybridized carbons (Fsp3) is 0.292. The highest BCUT2D eigenvalue weighted by Crippen LogP contribution is 2.42. The van der Waals surface area contributed by atoms with E-state index in [1.807, 2.05) is 0 Å². The fourth-order valence-corrected chi connectivity index (χ4v) is 3.68. The van der Waals surface area contributed by atoms with Crippen LogP contribution in [0.2, 0.25) is 0 Å². The maximum atomic E-state index is 14.2. The highest BCUT2D eigenvalue weighted by atomic mass is 19.4. The minimum atomic E-state index is -5.03. The van der Waals surface area contributed by atoms with Crippen LogP contribution in [-0.2, 0) is 6.42 Å². The Balaban J connectivity index is 1.52. The normalized spacial score (nSPS) is 14.3. The molecule has 1 aliphatic carbocycles. The third-order valence-corrected chi connectivity index (χ3v) is 5.47. The molecule has 184 valence electrons. The molecule has 35 heavy (non-hydrogen) atoms. The van der Waals surface area contributed by atoms with E-state index < -0.39 is 35.4 Å². The number of halogens is 4. The van der Waals surface area contributed by atoms with Gasteiger partial charge < -0.3 is 19.8 Å². The first-order chi connectivity index (χ1) is 16.6. The van der Waals surface area contributed by atoms with Gasteiger partial charge in [0.25, 0.3) is 11.5 Å². The number of aromatic amines is 1. The number of H-pyrrole nitrogens is 1. The Labute approximate surface area is 197 Å². The SMILES string of the molecule is COc1ccc(Cc2nc(C(=O)N[C@@H](c3ccc(OC(F)(F)F)c(F)c3)C3CC3)cc(=O)[nH]2)cc1. The molecule has 1 atom stereocenters. The largest absolute Gasteiger partial charge is 0.573 e. The summed E-state index contributed by atoms with van der Waals surface area (Å²) >= 11 is 0. The number of carbonyl (C=O) groups excluding carboxylic acids is 1. The van der Waals surface area contributed by atoms with Crippen LogP contribution in [0.3, 0.4) is 0 Å². The molecule has 0 aliphatic heterocycles. The van der Waals surface area contributed by atoms with Gasteiger partial charge in [-0.1, -0.05) is 18.2 Å². The summed E-state index contributed by atoms with van der Waals surface area (Å²) in [5, 5.41) is 2.74. The van der Waals surface area contributed by atoms with E-state index in [0.717, 1.165) is 36.6 Å². The Bertz CT molecular complexity index is 1270. The van der Waals surface area contributed by atoms with Gasteiger partial charge in [0.1, 0.15) is 17.3 Å². The van der Waals surface area contributed by atoms with Crippen molar-refractivity contribution in [1.82, 2.24) is 15.3 Å². The molecule has 4 rings (SSSR count). The lowest BCUT2D eigenvalue weighted by Gasteiger charge is -2.20. The minimum absolute atomic E-state index is 0.0199. The molecule has 1 heterocycles. The molecule has 0 unspecified atom stereocenters. The van der Waals surface area contributed by atoms with Gasteiger partial charge >= 0.3 is 6.36 Å². The lowest BCUT2D eigenvalue weighted by atomic mass is 10.0. The molecular weight excluding hydrogens is 470 g/mol. The Kier molecular flexibility index (Phi) is 6.77. The van der Waals surface area contributed by atoms with Crippen molar-refractivity contribution in [1.29, 1.82) is 0 Å². The Morgan fingerprint density at radius 3 is 2.49 bits per heavy atom. The van der Waals surface area contributed by atoms with E-state index in [1.165, 1.54) is 6.07 Å². The highest BCUT2D eigenvalue weighted by molar-refractivity contribution is 5.92. The zero-order valence-corrected chi connectivity index (χ0v) is 18.5. The van der Waals surface area contributed by atoms with Crippen molar-refractivity contribution in [2.24, 2.45) is 5.92 Å². The zero-order valence-electron chi connectivity index (χ0n) is 18.5. The second-order valence-electron chi connectivity index (χ2n) is 8.13. The number of rotatable bonds is 8. The third kappa shape index (κ3) is 6.37. The molecule has 11 heteroatoms. The van der Waals surface area contributed by atoms with Crippen LogP contribution in [0.5, 0.6) is 11.5 Å². The van der Waals surface area contributed by atoms with Gasteiger partial charge in [-0.25, -0.2) is 9.37 Å². The predicted octanol–water partition coefficient (Wildman–Crippen LogP) is 4.29. The lowest BCUT2D eigenvalue weighted by Crippen LogP contribution is -2.32. The average Bonchev–Trinajstić information content (AvgIpc) is 3.63. The number of alkyl halides is 3. The fourth-order valence-electron chi connectivity index (χ4n) is 3.68. The molecular formula is C24H21F4N3O4. The van der Waals surface area contributed by atoms with Gasteiger partial charge in [-0.15, -0.1) is 13.2 Å². The summed E-state index contributed by atoms with van der Waals surface area (Å²) in [7, 11) is 1.55. The highest BCUT2D eigenvalue weighted by Gasteiger charge is 2.36. The molecule has 1 aromatic heterocycles. The number of ether oxygens (including phenoxy) is 2. The average molecular weight is 491 g/mol. The molecule has 1 saturated carbocycles. The molecule has 0 radical (unpaired) electrons. The van der Waals surface area contributed by atoms with Crippen LogP contribution in [0, 0.1) is 11.7 Å². The molecule has 7 nitrogen and oxygen atoms in total. The molecule has 0 saturated heterocycles. The van der Waals surface area contributed by atoms with Crippen LogP contribution >= 0.6 is 0 Å². The summed E-state index contributed by atoms with van der Waals surface area (Å²) in [6.45, 7) is 0. The van der Waals surface area contributed by atoms with Crippen molar-refractivity contribution < 1.29 is 31.8 Å². The van der Waals surface area contributed by atoms with Gasteiger partial charge in [0, 0.05) is 12.5 Å². The minimum Gasteiger partial charge on any atom is -0.497 e. The maximum absolute atomic E-state index is 14.2. The van der Waals surface area contributed by atoms with Crippen LogP contribution in [-0.4, -0.2) is 29.3 Å². The van der Waals surface area contributed by atoms with Gasteiger partial charge in [-0.05, 0) is 54.2 Å². The summed E-state index contributed by atoms with van der Waals surface area (Å²) in [5.41, 5.74) is 0.479. The Morgan fingerprint density at radius 1 is 1.17 bits per heavy atom. The Morgan fingerprint density at radius 2 is 1.89 bits per heavy atom. The van der Waals surface area contributed by atoms with Gasteiger partial charge in [0.2, 0.25) is 0 Å². The van der Waals surface area contributed by atoms with E-state index in [9.17, 15) is 27.2 Å².